The molecule has 0 bridgehead atoms. The van der Waals surface area contributed by atoms with E-state index in [1.165, 1.54) is 17.2 Å². The molecule has 6 rings (SSSR count). The Bertz CT molecular complexity index is 1740. The summed E-state index contributed by atoms with van der Waals surface area (Å²) in [5.74, 6) is 0.145. The fraction of sp³-hybridized carbons (Fsp3) is 0.0625. The molecule has 5 aromatic carbocycles. The zero-order valence-electron chi connectivity index (χ0n) is 20.5. The SMILES string of the molecule is Cc1ccc(N(c2ccc(C)cc2)c2ccc3c(c2)Oc2c/c(=C\C(=O)O)c4ccccc4c2=N3)cc1. The second-order valence-corrected chi connectivity index (χ2v) is 9.21. The molecule has 5 nitrogen and oxygen atoms in total. The molecule has 0 unspecified atom stereocenters. The molecule has 0 radical (unpaired) electrons. The highest BCUT2D eigenvalue weighted by Gasteiger charge is 2.19. The first kappa shape index (κ1) is 22.6. The zero-order valence-corrected chi connectivity index (χ0v) is 20.5. The number of carbonyl (C=O) groups is 1. The number of ether oxygens (including phenoxy) is 1. The summed E-state index contributed by atoms with van der Waals surface area (Å²) < 4.78 is 6.38. The van der Waals surface area contributed by atoms with Crippen LogP contribution in [0.3, 0.4) is 0 Å². The minimum atomic E-state index is -1.01. The molecule has 0 aliphatic carbocycles. The molecule has 0 atom stereocenters. The van der Waals surface area contributed by atoms with Crippen molar-refractivity contribution in [1.29, 1.82) is 0 Å². The Morgan fingerprint density at radius 3 is 1.97 bits per heavy atom. The van der Waals surface area contributed by atoms with Crippen LogP contribution >= 0.6 is 0 Å². The Kier molecular flexibility index (Phi) is 5.46. The van der Waals surface area contributed by atoms with E-state index in [4.69, 9.17) is 9.73 Å². The van der Waals surface area contributed by atoms with Crippen LogP contribution < -0.4 is 20.2 Å². The molecule has 37 heavy (non-hydrogen) atoms. The maximum atomic E-state index is 11.5. The standard InChI is InChI=1S/C32H24N2O3/c1-20-7-11-23(12-8-20)34(24-13-9-21(2)10-14-24)25-15-16-28-29(19-25)37-30-17-22(18-31(35)36)26-5-3-4-6-27(26)32(30)33-28/h3-19H,1-2H3,(H,35,36)/b22-18+. The van der Waals surface area contributed by atoms with Gasteiger partial charge >= 0.3 is 5.97 Å². The van der Waals surface area contributed by atoms with Crippen LogP contribution in [0.15, 0.2) is 102 Å². The van der Waals surface area contributed by atoms with Crippen molar-refractivity contribution < 1.29 is 14.6 Å². The molecule has 180 valence electrons. The molecule has 1 heterocycles. The van der Waals surface area contributed by atoms with Gasteiger partial charge in [-0.25, -0.2) is 9.79 Å². The van der Waals surface area contributed by atoms with Crippen LogP contribution in [0.2, 0.25) is 0 Å². The predicted molar refractivity (Wildman–Crippen MR) is 147 cm³/mol. The molecule has 1 aliphatic heterocycles. The van der Waals surface area contributed by atoms with Gasteiger partial charge in [-0.2, -0.15) is 0 Å². The number of carboxylic acid groups (broad SMARTS) is 1. The largest absolute Gasteiger partial charge is 0.478 e. The maximum absolute atomic E-state index is 11.5. The molecule has 0 saturated carbocycles. The van der Waals surface area contributed by atoms with Crippen molar-refractivity contribution in [3.05, 3.63) is 119 Å². The van der Waals surface area contributed by atoms with E-state index >= 15 is 0 Å². The quantitative estimate of drug-likeness (QED) is 0.297. The summed E-state index contributed by atoms with van der Waals surface area (Å²) in [6.45, 7) is 4.15. The van der Waals surface area contributed by atoms with E-state index in [-0.39, 0.29) is 0 Å². The van der Waals surface area contributed by atoms with Gasteiger partial charge in [0.2, 0.25) is 0 Å². The van der Waals surface area contributed by atoms with Gasteiger partial charge in [0.15, 0.2) is 11.5 Å². The highest BCUT2D eigenvalue weighted by atomic mass is 16.5. The number of hydrogen-bond donors (Lipinski definition) is 1. The molecule has 1 aliphatic rings. The lowest BCUT2D eigenvalue weighted by molar-refractivity contribution is -0.129. The Morgan fingerprint density at radius 2 is 1.35 bits per heavy atom. The Labute approximate surface area is 214 Å². The molecule has 0 fully saturated rings. The number of carboxylic acids is 1. The third kappa shape index (κ3) is 4.21. The van der Waals surface area contributed by atoms with Crippen LogP contribution in [0.25, 0.3) is 16.8 Å². The number of hydrogen-bond acceptors (Lipinski definition) is 4. The fourth-order valence-corrected chi connectivity index (χ4v) is 4.70. The van der Waals surface area contributed by atoms with Gasteiger partial charge < -0.3 is 14.7 Å². The molecular weight excluding hydrogens is 460 g/mol. The summed E-state index contributed by atoms with van der Waals surface area (Å²) in [5.41, 5.74) is 6.11. The third-order valence-corrected chi connectivity index (χ3v) is 6.53. The van der Waals surface area contributed by atoms with Gasteiger partial charge in [-0.15, -0.1) is 0 Å². The van der Waals surface area contributed by atoms with Crippen LogP contribution in [-0.2, 0) is 4.79 Å². The summed E-state index contributed by atoms with van der Waals surface area (Å²) in [6, 6.07) is 32.2. The Balaban J connectivity index is 1.52. The van der Waals surface area contributed by atoms with Crippen LogP contribution in [0, 0.1) is 13.8 Å². The minimum Gasteiger partial charge on any atom is -0.478 e. The summed E-state index contributed by atoms with van der Waals surface area (Å²) in [5, 5.41) is 12.4. The lowest BCUT2D eigenvalue weighted by atomic mass is 10.1. The highest BCUT2D eigenvalue weighted by molar-refractivity contribution is 6.01. The molecule has 0 amide bonds. The summed E-state index contributed by atoms with van der Waals surface area (Å²) in [4.78, 5) is 18.6. The number of anilines is 3. The number of fused-ring (bicyclic) bond motifs is 4. The molecular formula is C32H24N2O3. The predicted octanol–water partition coefficient (Wildman–Crippen LogP) is 6.85. The van der Waals surface area contributed by atoms with Crippen LogP contribution in [-0.4, -0.2) is 11.1 Å². The van der Waals surface area contributed by atoms with E-state index in [0.29, 0.717) is 22.1 Å². The lowest BCUT2D eigenvalue weighted by Crippen LogP contribution is -2.18. The van der Waals surface area contributed by atoms with Gasteiger partial charge in [0.1, 0.15) is 11.0 Å². The lowest BCUT2D eigenvalue weighted by Gasteiger charge is -2.27. The average molecular weight is 485 g/mol. The summed E-state index contributed by atoms with van der Waals surface area (Å²) in [6.07, 6.45) is 1.20. The molecule has 0 saturated heterocycles. The van der Waals surface area contributed by atoms with Gasteiger partial charge in [0.05, 0.1) is 0 Å². The van der Waals surface area contributed by atoms with E-state index in [2.05, 4.69) is 67.3 Å². The van der Waals surface area contributed by atoms with Crippen molar-refractivity contribution >= 4 is 45.6 Å². The fourth-order valence-electron chi connectivity index (χ4n) is 4.70. The molecule has 5 heteroatoms. The van der Waals surface area contributed by atoms with Gasteiger partial charge in [-0.3, -0.25) is 0 Å². The van der Waals surface area contributed by atoms with Crippen LogP contribution in [0.5, 0.6) is 11.5 Å². The third-order valence-electron chi connectivity index (χ3n) is 6.53. The van der Waals surface area contributed by atoms with Crippen LogP contribution in [0.1, 0.15) is 11.1 Å². The minimum absolute atomic E-state index is 0.535. The number of aryl methyl sites for hydroxylation is 2. The number of nitrogens with zero attached hydrogens (tertiary/aromatic N) is 2. The number of rotatable bonds is 4. The van der Waals surface area contributed by atoms with E-state index in [1.807, 2.05) is 42.5 Å². The Morgan fingerprint density at radius 1 is 0.757 bits per heavy atom. The van der Waals surface area contributed by atoms with E-state index in [9.17, 15) is 9.90 Å². The normalized spacial score (nSPS) is 12.3. The average Bonchev–Trinajstić information content (AvgIpc) is 2.90. The number of aliphatic carboxylic acids is 1. The van der Waals surface area contributed by atoms with E-state index in [1.54, 1.807) is 6.07 Å². The molecule has 5 aromatic rings. The molecule has 0 aromatic heterocycles. The first-order valence-electron chi connectivity index (χ1n) is 12.1. The van der Waals surface area contributed by atoms with Crippen LogP contribution in [0.4, 0.5) is 22.7 Å². The van der Waals surface area contributed by atoms with E-state index in [0.717, 1.165) is 33.5 Å². The van der Waals surface area contributed by atoms with Gasteiger partial charge in [-0.1, -0.05) is 59.7 Å². The summed E-state index contributed by atoms with van der Waals surface area (Å²) in [7, 11) is 0. The van der Waals surface area contributed by atoms with Crippen molar-refractivity contribution in [3.8, 4) is 11.5 Å². The first-order valence-corrected chi connectivity index (χ1v) is 12.1. The van der Waals surface area contributed by atoms with Crippen molar-refractivity contribution in [2.45, 2.75) is 13.8 Å². The monoisotopic (exact) mass is 484 g/mol. The van der Waals surface area contributed by atoms with Crippen molar-refractivity contribution in [2.75, 3.05) is 4.90 Å². The van der Waals surface area contributed by atoms with E-state index < -0.39 is 5.97 Å². The second-order valence-electron chi connectivity index (χ2n) is 9.21. The molecule has 1 N–H and O–H groups in total. The van der Waals surface area contributed by atoms with Crippen molar-refractivity contribution in [1.82, 2.24) is 0 Å². The smallest absolute Gasteiger partial charge is 0.328 e. The van der Waals surface area contributed by atoms with Gasteiger partial charge in [0, 0.05) is 34.6 Å². The first-order chi connectivity index (χ1) is 18.0. The topological polar surface area (TPSA) is 62.1 Å². The number of benzene rings is 5. The van der Waals surface area contributed by atoms with Gasteiger partial charge in [0.25, 0.3) is 0 Å². The highest BCUT2D eigenvalue weighted by Crippen LogP contribution is 2.42. The Hall–Kier alpha value is -4.90. The zero-order chi connectivity index (χ0) is 25.5. The van der Waals surface area contributed by atoms with Crippen molar-refractivity contribution in [3.63, 3.8) is 0 Å². The molecule has 0 spiro atoms. The summed E-state index contributed by atoms with van der Waals surface area (Å²) >= 11 is 0. The van der Waals surface area contributed by atoms with Gasteiger partial charge in [-0.05, 0) is 66.9 Å². The maximum Gasteiger partial charge on any atom is 0.328 e. The second kappa shape index (κ2) is 8.95. The van der Waals surface area contributed by atoms with Crippen molar-refractivity contribution in [2.24, 2.45) is 4.99 Å².